The molecule has 0 spiro atoms. The van der Waals surface area contributed by atoms with E-state index in [1.165, 1.54) is 13.3 Å². The minimum absolute atomic E-state index is 0.233. The second-order valence-corrected chi connectivity index (χ2v) is 6.99. The van der Waals surface area contributed by atoms with Gasteiger partial charge in [-0.1, -0.05) is 36.4 Å². The molecule has 1 atom stereocenters. The molecular formula is C24H24N2O5. The van der Waals surface area contributed by atoms with Crippen LogP contribution in [0.2, 0.25) is 0 Å². The number of aryl methyl sites for hydroxylation is 1. The van der Waals surface area contributed by atoms with Crippen molar-refractivity contribution >= 4 is 11.9 Å². The maximum Gasteiger partial charge on any atom is 0.305 e. The fourth-order valence-corrected chi connectivity index (χ4v) is 3.37. The molecule has 0 radical (unpaired) electrons. The fourth-order valence-electron chi connectivity index (χ4n) is 3.37. The number of ether oxygens (including phenoxy) is 2. The van der Waals surface area contributed by atoms with Gasteiger partial charge in [0, 0.05) is 11.8 Å². The number of carbonyl (C=O) groups excluding carboxylic acids is 1. The summed E-state index contributed by atoms with van der Waals surface area (Å²) in [6, 6.07) is 15.7. The third kappa shape index (κ3) is 5.19. The Bertz CT molecular complexity index is 1100. The number of nitrogens with one attached hydrogen (secondary N) is 1. The molecule has 3 rings (SSSR count). The molecule has 7 heteroatoms. The summed E-state index contributed by atoms with van der Waals surface area (Å²) in [5.41, 5.74) is 3.35. The normalized spacial score (nSPS) is 11.5. The number of carbonyl (C=O) groups is 2. The Morgan fingerprint density at radius 2 is 1.84 bits per heavy atom. The van der Waals surface area contributed by atoms with Gasteiger partial charge in [0.05, 0.1) is 32.2 Å². The fraction of sp³-hybridized carbons (Fsp3) is 0.208. The van der Waals surface area contributed by atoms with Gasteiger partial charge in [-0.3, -0.25) is 9.59 Å². The van der Waals surface area contributed by atoms with Crippen LogP contribution in [0.15, 0.2) is 60.8 Å². The van der Waals surface area contributed by atoms with E-state index in [1.807, 2.05) is 55.5 Å². The van der Waals surface area contributed by atoms with E-state index in [1.54, 1.807) is 13.2 Å². The van der Waals surface area contributed by atoms with Crippen LogP contribution in [0.5, 0.6) is 11.6 Å². The van der Waals surface area contributed by atoms with Crippen LogP contribution in [0.1, 0.15) is 33.9 Å². The molecule has 1 heterocycles. The van der Waals surface area contributed by atoms with E-state index in [0.29, 0.717) is 22.8 Å². The van der Waals surface area contributed by atoms with Crippen molar-refractivity contribution in [3.63, 3.8) is 0 Å². The number of hydrogen-bond donors (Lipinski definition) is 2. The van der Waals surface area contributed by atoms with Crippen molar-refractivity contribution in [3.8, 4) is 22.8 Å². The van der Waals surface area contributed by atoms with Gasteiger partial charge in [0.25, 0.3) is 5.91 Å². The molecule has 7 nitrogen and oxygen atoms in total. The summed E-state index contributed by atoms with van der Waals surface area (Å²) in [4.78, 5) is 28.7. The Balaban J connectivity index is 1.95. The molecule has 1 aromatic heterocycles. The van der Waals surface area contributed by atoms with Crippen molar-refractivity contribution < 1.29 is 24.2 Å². The summed E-state index contributed by atoms with van der Waals surface area (Å²) < 4.78 is 10.6. The molecule has 31 heavy (non-hydrogen) atoms. The maximum atomic E-state index is 13.0. The first-order valence-corrected chi connectivity index (χ1v) is 9.69. The smallest absolute Gasteiger partial charge is 0.305 e. The van der Waals surface area contributed by atoms with Crippen molar-refractivity contribution in [2.24, 2.45) is 0 Å². The van der Waals surface area contributed by atoms with Crippen molar-refractivity contribution in [1.29, 1.82) is 0 Å². The second-order valence-electron chi connectivity index (χ2n) is 6.99. The Labute approximate surface area is 180 Å². The molecule has 0 aliphatic rings. The zero-order valence-corrected chi connectivity index (χ0v) is 17.6. The van der Waals surface area contributed by atoms with Gasteiger partial charge in [-0.15, -0.1) is 0 Å². The van der Waals surface area contributed by atoms with E-state index < -0.39 is 17.9 Å². The van der Waals surface area contributed by atoms with Gasteiger partial charge < -0.3 is 19.9 Å². The molecule has 0 saturated carbocycles. The van der Waals surface area contributed by atoms with Gasteiger partial charge in [0.1, 0.15) is 5.75 Å². The number of pyridine rings is 1. The van der Waals surface area contributed by atoms with Crippen LogP contribution in [0.3, 0.4) is 0 Å². The monoisotopic (exact) mass is 420 g/mol. The maximum absolute atomic E-state index is 13.0. The molecular weight excluding hydrogens is 396 g/mol. The number of nitrogens with zero attached hydrogens (tertiary/aromatic N) is 1. The van der Waals surface area contributed by atoms with E-state index in [0.717, 1.165) is 16.7 Å². The van der Waals surface area contributed by atoms with Gasteiger partial charge in [0.2, 0.25) is 5.88 Å². The van der Waals surface area contributed by atoms with Crippen LogP contribution >= 0.6 is 0 Å². The highest BCUT2D eigenvalue weighted by atomic mass is 16.5. The van der Waals surface area contributed by atoms with Crippen LogP contribution in [-0.2, 0) is 4.79 Å². The highest BCUT2D eigenvalue weighted by molar-refractivity contribution is 5.96. The molecule has 1 unspecified atom stereocenters. The Morgan fingerprint density at radius 3 is 2.52 bits per heavy atom. The molecule has 0 fully saturated rings. The van der Waals surface area contributed by atoms with E-state index in [2.05, 4.69) is 10.3 Å². The Hall–Kier alpha value is -3.87. The van der Waals surface area contributed by atoms with E-state index in [9.17, 15) is 14.7 Å². The summed E-state index contributed by atoms with van der Waals surface area (Å²) in [6.07, 6.45) is 1.18. The van der Waals surface area contributed by atoms with Gasteiger partial charge >= 0.3 is 5.97 Å². The number of aliphatic carboxylic acids is 1. The highest BCUT2D eigenvalue weighted by Crippen LogP contribution is 2.31. The number of hydrogen-bond acceptors (Lipinski definition) is 5. The van der Waals surface area contributed by atoms with E-state index >= 15 is 0 Å². The van der Waals surface area contributed by atoms with Gasteiger partial charge in [-0.25, -0.2) is 4.98 Å². The topological polar surface area (TPSA) is 97.8 Å². The summed E-state index contributed by atoms with van der Waals surface area (Å²) in [7, 11) is 3.08. The lowest BCUT2D eigenvalue weighted by molar-refractivity contribution is -0.137. The second kappa shape index (κ2) is 9.75. The van der Waals surface area contributed by atoms with Gasteiger partial charge in [-0.2, -0.15) is 0 Å². The van der Waals surface area contributed by atoms with Crippen LogP contribution in [-0.4, -0.2) is 36.2 Å². The molecule has 2 aromatic carbocycles. The molecule has 0 aliphatic carbocycles. The number of methoxy groups -OCH3 is 2. The first-order valence-electron chi connectivity index (χ1n) is 9.69. The molecule has 0 saturated heterocycles. The largest absolute Gasteiger partial charge is 0.497 e. The van der Waals surface area contributed by atoms with Gasteiger partial charge in [-0.05, 0) is 41.8 Å². The van der Waals surface area contributed by atoms with Crippen molar-refractivity contribution in [1.82, 2.24) is 10.3 Å². The predicted molar refractivity (Wildman–Crippen MR) is 116 cm³/mol. The molecule has 160 valence electrons. The van der Waals surface area contributed by atoms with Crippen LogP contribution < -0.4 is 14.8 Å². The lowest BCUT2D eigenvalue weighted by Gasteiger charge is -2.20. The summed E-state index contributed by atoms with van der Waals surface area (Å²) in [5.74, 6) is -0.395. The minimum atomic E-state index is -1.00. The summed E-state index contributed by atoms with van der Waals surface area (Å²) >= 11 is 0. The van der Waals surface area contributed by atoms with Crippen LogP contribution in [0.25, 0.3) is 11.1 Å². The molecule has 1 amide bonds. The molecule has 3 aromatic rings. The summed E-state index contributed by atoms with van der Waals surface area (Å²) in [6.45, 7) is 1.88. The number of carboxylic acids is 1. The molecule has 0 bridgehead atoms. The lowest BCUT2D eigenvalue weighted by Crippen LogP contribution is -2.30. The Morgan fingerprint density at radius 1 is 1.06 bits per heavy atom. The first-order chi connectivity index (χ1) is 14.9. The van der Waals surface area contributed by atoms with Crippen molar-refractivity contribution in [3.05, 3.63) is 77.5 Å². The number of rotatable bonds is 8. The molecule has 2 N–H and O–H groups in total. The zero-order valence-electron chi connectivity index (χ0n) is 17.6. The van der Waals surface area contributed by atoms with Crippen molar-refractivity contribution in [2.75, 3.05) is 14.2 Å². The zero-order chi connectivity index (χ0) is 22.4. The first kappa shape index (κ1) is 21.8. The number of benzene rings is 2. The minimum Gasteiger partial charge on any atom is -0.497 e. The van der Waals surface area contributed by atoms with E-state index in [4.69, 9.17) is 9.47 Å². The lowest BCUT2D eigenvalue weighted by atomic mass is 9.98. The number of aromatic nitrogens is 1. The Kier molecular flexibility index (Phi) is 6.87. The average molecular weight is 420 g/mol. The predicted octanol–water partition coefficient (Wildman–Crippen LogP) is 4.02. The quantitative estimate of drug-likeness (QED) is 0.571. The van der Waals surface area contributed by atoms with Gasteiger partial charge in [0.15, 0.2) is 0 Å². The van der Waals surface area contributed by atoms with E-state index in [-0.39, 0.29) is 6.42 Å². The third-order valence-corrected chi connectivity index (χ3v) is 4.94. The molecule has 0 aliphatic heterocycles. The standard InChI is InChI=1S/C24H24N2O5/c1-15-7-4-5-10-19(15)21(13-22(27)28)26-23(29)17-12-20(24(31-3)25-14-17)16-8-6-9-18(11-16)30-2/h4-12,14,21H,13H2,1-3H3,(H,26,29)(H,27,28). The number of amides is 1. The summed E-state index contributed by atoms with van der Waals surface area (Å²) in [5, 5.41) is 12.2. The highest BCUT2D eigenvalue weighted by Gasteiger charge is 2.21. The van der Waals surface area contributed by atoms with Crippen molar-refractivity contribution in [2.45, 2.75) is 19.4 Å². The average Bonchev–Trinajstić information content (AvgIpc) is 2.78. The van der Waals surface area contributed by atoms with Crippen LogP contribution in [0.4, 0.5) is 0 Å². The van der Waals surface area contributed by atoms with Crippen LogP contribution in [0, 0.1) is 6.92 Å². The number of carboxylic acid groups (broad SMARTS) is 1. The SMILES string of the molecule is COc1cccc(-c2cc(C(=O)NC(CC(=O)O)c3ccccc3C)cnc2OC)c1. The third-order valence-electron chi connectivity index (χ3n) is 4.94.